The zero-order chi connectivity index (χ0) is 17.3. The van der Waals surface area contributed by atoms with E-state index in [2.05, 4.69) is 5.32 Å². The maximum Gasteiger partial charge on any atom is 0.279 e. The molecule has 0 aliphatic carbocycles. The van der Waals surface area contributed by atoms with Crippen molar-refractivity contribution < 1.29 is 14.7 Å². The summed E-state index contributed by atoms with van der Waals surface area (Å²) in [5, 5.41) is 12.2. The first-order valence-electron chi connectivity index (χ1n) is 7.34. The summed E-state index contributed by atoms with van der Waals surface area (Å²) >= 11 is 6.07. The molecule has 122 valence electrons. The molecule has 0 radical (unpaired) electrons. The van der Waals surface area contributed by atoms with E-state index in [1.54, 1.807) is 19.1 Å². The van der Waals surface area contributed by atoms with Gasteiger partial charge in [-0.2, -0.15) is 0 Å². The molecule has 1 heterocycles. The largest absolute Gasteiger partial charge is 0.508 e. The number of carbonyl (C=O) groups excluding carboxylic acids is 2. The average Bonchev–Trinajstić information content (AvgIpc) is 2.76. The molecule has 2 N–H and O–H groups in total. The third-order valence-corrected chi connectivity index (χ3v) is 4.12. The first kappa shape index (κ1) is 16.1. The monoisotopic (exact) mass is 342 g/mol. The normalized spacial score (nSPS) is 14.5. The highest BCUT2D eigenvalue weighted by molar-refractivity contribution is 6.48. The number of aromatic hydroxyl groups is 1. The molecule has 0 unspecified atom stereocenters. The molecule has 2 amide bonds. The van der Waals surface area contributed by atoms with Gasteiger partial charge >= 0.3 is 0 Å². The quantitative estimate of drug-likeness (QED) is 0.661. The van der Waals surface area contributed by atoms with Gasteiger partial charge in [-0.25, -0.2) is 0 Å². The fraction of sp³-hybridized carbons (Fsp3) is 0.111. The number of amides is 2. The summed E-state index contributed by atoms with van der Waals surface area (Å²) in [7, 11) is 0. The number of nitrogens with zero attached hydrogens (tertiary/aromatic N) is 1. The Labute approximate surface area is 144 Å². The Balaban J connectivity index is 1.84. The van der Waals surface area contributed by atoms with Gasteiger partial charge in [-0.05, 0) is 36.2 Å². The molecule has 0 saturated heterocycles. The number of carbonyl (C=O) groups is 2. The molecule has 1 aliphatic rings. The summed E-state index contributed by atoms with van der Waals surface area (Å²) < 4.78 is 0. The van der Waals surface area contributed by atoms with Crippen LogP contribution in [-0.4, -0.2) is 21.8 Å². The van der Waals surface area contributed by atoms with Crippen molar-refractivity contribution in [1.29, 1.82) is 0 Å². The summed E-state index contributed by atoms with van der Waals surface area (Å²) in [5.74, 6) is -0.872. The number of hydrogen-bond acceptors (Lipinski definition) is 4. The van der Waals surface area contributed by atoms with Gasteiger partial charge < -0.3 is 10.4 Å². The van der Waals surface area contributed by atoms with Crippen LogP contribution in [0.5, 0.6) is 5.75 Å². The molecule has 0 fully saturated rings. The van der Waals surface area contributed by atoms with Gasteiger partial charge in [-0.15, -0.1) is 0 Å². The second-order valence-electron chi connectivity index (χ2n) is 5.50. The molecular weight excluding hydrogens is 328 g/mol. The number of nitrogens with one attached hydrogen (secondary N) is 1. The molecule has 2 aromatic rings. The van der Waals surface area contributed by atoms with Gasteiger partial charge in [0.05, 0.1) is 6.54 Å². The van der Waals surface area contributed by atoms with Gasteiger partial charge in [0, 0.05) is 5.69 Å². The minimum absolute atomic E-state index is 0.0476. The van der Waals surface area contributed by atoms with E-state index in [9.17, 15) is 14.7 Å². The number of benzene rings is 2. The van der Waals surface area contributed by atoms with E-state index in [1.807, 2.05) is 30.3 Å². The van der Waals surface area contributed by atoms with Crippen LogP contribution in [0.15, 0.2) is 59.3 Å². The highest BCUT2D eigenvalue weighted by atomic mass is 35.5. The van der Waals surface area contributed by atoms with Crippen LogP contribution in [0.1, 0.15) is 11.1 Å². The topological polar surface area (TPSA) is 69.6 Å². The fourth-order valence-electron chi connectivity index (χ4n) is 2.49. The van der Waals surface area contributed by atoms with Crippen LogP contribution in [0.25, 0.3) is 0 Å². The highest BCUT2D eigenvalue weighted by Crippen LogP contribution is 2.29. The molecule has 0 bridgehead atoms. The van der Waals surface area contributed by atoms with Gasteiger partial charge in [0.2, 0.25) is 0 Å². The van der Waals surface area contributed by atoms with Crippen LogP contribution in [0, 0.1) is 6.92 Å². The molecule has 24 heavy (non-hydrogen) atoms. The summed E-state index contributed by atoms with van der Waals surface area (Å²) in [6.45, 7) is 1.94. The Morgan fingerprint density at radius 1 is 1.08 bits per heavy atom. The van der Waals surface area contributed by atoms with Crippen LogP contribution in [0.2, 0.25) is 0 Å². The number of aryl methyl sites for hydroxylation is 1. The van der Waals surface area contributed by atoms with Crippen molar-refractivity contribution in [2.24, 2.45) is 0 Å². The van der Waals surface area contributed by atoms with E-state index in [1.165, 1.54) is 6.07 Å². The second-order valence-corrected chi connectivity index (χ2v) is 5.87. The summed E-state index contributed by atoms with van der Waals surface area (Å²) in [5.41, 5.74) is 2.22. The second kappa shape index (κ2) is 6.37. The van der Waals surface area contributed by atoms with Crippen molar-refractivity contribution >= 4 is 29.1 Å². The van der Waals surface area contributed by atoms with Crippen LogP contribution in [0.3, 0.4) is 0 Å². The first-order valence-corrected chi connectivity index (χ1v) is 7.71. The number of anilines is 1. The number of imide groups is 1. The van der Waals surface area contributed by atoms with E-state index in [0.29, 0.717) is 5.69 Å². The number of halogens is 1. The summed E-state index contributed by atoms with van der Waals surface area (Å²) in [4.78, 5) is 26.0. The van der Waals surface area contributed by atoms with E-state index < -0.39 is 11.8 Å². The van der Waals surface area contributed by atoms with Gasteiger partial charge in [0.1, 0.15) is 16.5 Å². The zero-order valence-corrected chi connectivity index (χ0v) is 13.7. The van der Waals surface area contributed by atoms with E-state index in [4.69, 9.17) is 11.6 Å². The van der Waals surface area contributed by atoms with E-state index in [0.717, 1.165) is 16.0 Å². The fourth-order valence-corrected chi connectivity index (χ4v) is 2.72. The van der Waals surface area contributed by atoms with Crippen molar-refractivity contribution in [1.82, 2.24) is 4.90 Å². The van der Waals surface area contributed by atoms with Crippen LogP contribution >= 0.6 is 11.6 Å². The third-order valence-electron chi connectivity index (χ3n) is 3.76. The number of phenolic OH excluding ortho intramolecular Hbond substituents is 1. The molecule has 1 aliphatic heterocycles. The lowest BCUT2D eigenvalue weighted by Crippen LogP contribution is -2.31. The van der Waals surface area contributed by atoms with Crippen LogP contribution < -0.4 is 5.32 Å². The van der Waals surface area contributed by atoms with Crippen molar-refractivity contribution in [3.05, 3.63) is 70.4 Å². The lowest BCUT2D eigenvalue weighted by molar-refractivity contribution is -0.138. The maximum atomic E-state index is 12.6. The Morgan fingerprint density at radius 2 is 1.79 bits per heavy atom. The molecule has 0 spiro atoms. The number of phenols is 1. The summed E-state index contributed by atoms with van der Waals surface area (Å²) in [6, 6.07) is 13.9. The smallest absolute Gasteiger partial charge is 0.279 e. The van der Waals surface area contributed by atoms with E-state index >= 15 is 0 Å². The van der Waals surface area contributed by atoms with Crippen molar-refractivity contribution in [2.45, 2.75) is 13.5 Å². The van der Waals surface area contributed by atoms with Crippen molar-refractivity contribution in [3.8, 4) is 5.75 Å². The minimum Gasteiger partial charge on any atom is -0.508 e. The number of rotatable bonds is 4. The molecule has 0 atom stereocenters. The predicted molar refractivity (Wildman–Crippen MR) is 91.3 cm³/mol. The lowest BCUT2D eigenvalue weighted by atomic mass is 10.2. The van der Waals surface area contributed by atoms with Gasteiger partial charge in [-0.3, -0.25) is 14.5 Å². The predicted octanol–water partition coefficient (Wildman–Crippen LogP) is 3.13. The van der Waals surface area contributed by atoms with Crippen LogP contribution in [0.4, 0.5) is 5.69 Å². The van der Waals surface area contributed by atoms with E-state index in [-0.39, 0.29) is 23.0 Å². The van der Waals surface area contributed by atoms with Gasteiger partial charge in [-0.1, -0.05) is 41.9 Å². The molecule has 6 heteroatoms. The minimum atomic E-state index is -0.524. The van der Waals surface area contributed by atoms with Gasteiger partial charge in [0.25, 0.3) is 11.8 Å². The molecular formula is C18H15ClN2O3. The zero-order valence-electron chi connectivity index (χ0n) is 12.9. The molecule has 0 aromatic heterocycles. The maximum absolute atomic E-state index is 12.6. The molecule has 0 saturated carbocycles. The standard InChI is InChI=1S/C18H15ClN2O3/c1-11-9-13(22)7-8-14(11)20-16-15(19)17(23)21(18(16)24)10-12-5-3-2-4-6-12/h2-9,20,22H,10H2,1H3. The molecule has 2 aromatic carbocycles. The third kappa shape index (κ3) is 2.98. The summed E-state index contributed by atoms with van der Waals surface area (Å²) in [6.07, 6.45) is 0. The first-order chi connectivity index (χ1) is 11.5. The van der Waals surface area contributed by atoms with Gasteiger partial charge in [0.15, 0.2) is 0 Å². The lowest BCUT2D eigenvalue weighted by Gasteiger charge is -2.15. The SMILES string of the molecule is Cc1cc(O)ccc1NC1=C(Cl)C(=O)N(Cc2ccccc2)C1=O. The van der Waals surface area contributed by atoms with Crippen molar-refractivity contribution in [2.75, 3.05) is 5.32 Å². The Hall–Kier alpha value is -2.79. The Bertz CT molecular complexity index is 847. The average molecular weight is 343 g/mol. The molecule has 3 rings (SSSR count). The Kier molecular flexibility index (Phi) is 4.27. The molecule has 5 nitrogen and oxygen atoms in total. The Morgan fingerprint density at radius 3 is 2.46 bits per heavy atom. The highest BCUT2D eigenvalue weighted by Gasteiger charge is 2.37. The van der Waals surface area contributed by atoms with Crippen LogP contribution in [-0.2, 0) is 16.1 Å². The van der Waals surface area contributed by atoms with Crippen molar-refractivity contribution in [3.63, 3.8) is 0 Å². The number of hydrogen-bond donors (Lipinski definition) is 2.